The van der Waals surface area contributed by atoms with Crippen LogP contribution in [0.5, 0.6) is 5.75 Å². The summed E-state index contributed by atoms with van der Waals surface area (Å²) < 4.78 is 7.47. The lowest BCUT2D eigenvalue weighted by Gasteiger charge is -2.43. The summed E-state index contributed by atoms with van der Waals surface area (Å²) in [7, 11) is 0. The van der Waals surface area contributed by atoms with E-state index in [1.165, 1.54) is 11.1 Å². The number of benzene rings is 2. The van der Waals surface area contributed by atoms with Crippen molar-refractivity contribution in [3.63, 3.8) is 0 Å². The van der Waals surface area contributed by atoms with Gasteiger partial charge in [-0.2, -0.15) is 10.3 Å². The van der Waals surface area contributed by atoms with Crippen LogP contribution < -0.4 is 4.74 Å². The van der Waals surface area contributed by atoms with Crippen LogP contribution in [0.4, 0.5) is 0 Å². The molecule has 1 aliphatic heterocycles. The fourth-order valence-corrected chi connectivity index (χ4v) is 4.12. The van der Waals surface area contributed by atoms with Crippen LogP contribution in [0.15, 0.2) is 51.9 Å². The molecule has 4 heteroatoms. The minimum absolute atomic E-state index is 0.397. The van der Waals surface area contributed by atoms with Gasteiger partial charge >= 0.3 is 0 Å². The Morgan fingerprint density at radius 3 is 2.96 bits per heavy atom. The Morgan fingerprint density at radius 1 is 1.22 bits per heavy atom. The molecule has 0 radical (unpaired) electrons. The van der Waals surface area contributed by atoms with E-state index in [0.717, 1.165) is 40.8 Å². The maximum absolute atomic E-state index is 9.11. The number of rotatable bonds is 0. The average molecular weight is 367 g/mol. The number of nitriles is 1. The molecule has 2 aromatic carbocycles. The van der Waals surface area contributed by atoms with Gasteiger partial charge in [0.1, 0.15) is 11.4 Å². The SMILES string of the molecule is N#C/N=C1\CC2(CCCc3ccccc32)Oc2ccc(Br)cc21. The van der Waals surface area contributed by atoms with Crippen molar-refractivity contribution in [2.45, 2.75) is 31.3 Å². The van der Waals surface area contributed by atoms with E-state index in [-0.39, 0.29) is 0 Å². The average Bonchev–Trinajstić information content (AvgIpc) is 2.56. The lowest BCUT2D eigenvalue weighted by Crippen LogP contribution is -2.42. The Hall–Kier alpha value is -2.12. The number of ether oxygens (including phenoxy) is 1. The van der Waals surface area contributed by atoms with Crippen molar-refractivity contribution >= 4 is 21.6 Å². The van der Waals surface area contributed by atoms with Gasteiger partial charge in [0, 0.05) is 16.5 Å². The summed E-state index contributed by atoms with van der Waals surface area (Å²) in [6.45, 7) is 0. The van der Waals surface area contributed by atoms with Gasteiger partial charge in [-0.25, -0.2) is 0 Å². The second-order valence-corrected chi connectivity index (χ2v) is 7.00. The molecule has 1 spiro atoms. The molecule has 0 fully saturated rings. The molecule has 1 aliphatic carbocycles. The highest BCUT2D eigenvalue weighted by Crippen LogP contribution is 2.47. The molecule has 4 rings (SSSR count). The Labute approximate surface area is 143 Å². The Morgan fingerprint density at radius 2 is 2.09 bits per heavy atom. The Bertz CT molecular complexity index is 853. The molecule has 114 valence electrons. The van der Waals surface area contributed by atoms with Gasteiger partial charge in [0.2, 0.25) is 6.19 Å². The van der Waals surface area contributed by atoms with E-state index in [2.05, 4.69) is 45.2 Å². The first kappa shape index (κ1) is 14.5. The van der Waals surface area contributed by atoms with Crippen molar-refractivity contribution in [2.24, 2.45) is 4.99 Å². The standard InChI is InChI=1S/C19H15BrN2O/c20-14-7-8-18-15(10-14)17(22-12-21)11-19(23-18)9-3-5-13-4-1-2-6-16(13)19/h1-2,4,6-8,10H,3,5,9,11H2/b22-17+. The van der Waals surface area contributed by atoms with Crippen LogP contribution in [0.3, 0.4) is 0 Å². The summed E-state index contributed by atoms with van der Waals surface area (Å²) in [6.07, 6.45) is 5.72. The van der Waals surface area contributed by atoms with Crippen molar-refractivity contribution in [2.75, 3.05) is 0 Å². The molecule has 0 bridgehead atoms. The molecule has 23 heavy (non-hydrogen) atoms. The molecule has 1 atom stereocenters. The number of hydrogen-bond acceptors (Lipinski definition) is 3. The topological polar surface area (TPSA) is 45.4 Å². The number of aryl methyl sites for hydroxylation is 1. The first-order chi connectivity index (χ1) is 11.2. The lowest BCUT2D eigenvalue weighted by molar-refractivity contribution is 0.0491. The minimum Gasteiger partial charge on any atom is -0.481 e. The minimum atomic E-state index is -0.397. The Balaban J connectivity index is 1.90. The normalized spacial score (nSPS) is 23.7. The molecule has 1 unspecified atom stereocenters. The van der Waals surface area contributed by atoms with Gasteiger partial charge in [-0.3, -0.25) is 0 Å². The van der Waals surface area contributed by atoms with Gasteiger partial charge in [-0.05, 0) is 48.6 Å². The summed E-state index contributed by atoms with van der Waals surface area (Å²) in [4.78, 5) is 4.11. The molecule has 0 aromatic heterocycles. The molecular formula is C19H15BrN2O. The zero-order chi connectivity index (χ0) is 15.9. The van der Waals surface area contributed by atoms with Gasteiger partial charge in [0.15, 0.2) is 0 Å². The van der Waals surface area contributed by atoms with Crippen LogP contribution in [0.1, 0.15) is 36.0 Å². The van der Waals surface area contributed by atoms with Crippen molar-refractivity contribution in [1.82, 2.24) is 0 Å². The summed E-state index contributed by atoms with van der Waals surface area (Å²) in [5.41, 5.74) is 3.91. The maximum Gasteiger partial charge on any atom is 0.205 e. The number of hydrogen-bond donors (Lipinski definition) is 0. The molecule has 0 saturated carbocycles. The molecule has 3 nitrogen and oxygen atoms in total. The molecule has 0 amide bonds. The fourth-order valence-electron chi connectivity index (χ4n) is 3.76. The van der Waals surface area contributed by atoms with Gasteiger partial charge in [-0.15, -0.1) is 0 Å². The lowest BCUT2D eigenvalue weighted by atomic mass is 9.74. The summed E-state index contributed by atoms with van der Waals surface area (Å²) in [5, 5.41) is 9.11. The van der Waals surface area contributed by atoms with E-state index >= 15 is 0 Å². The molecule has 2 aliphatic rings. The third-order valence-corrected chi connectivity index (χ3v) is 5.22. The number of fused-ring (bicyclic) bond motifs is 3. The molecule has 1 heterocycles. The van der Waals surface area contributed by atoms with Crippen LogP contribution in [-0.2, 0) is 12.0 Å². The molecule has 0 saturated heterocycles. The zero-order valence-corrected chi connectivity index (χ0v) is 14.1. The van der Waals surface area contributed by atoms with Crippen LogP contribution in [0, 0.1) is 11.5 Å². The predicted molar refractivity (Wildman–Crippen MR) is 92.6 cm³/mol. The first-order valence-electron chi connectivity index (χ1n) is 7.75. The largest absolute Gasteiger partial charge is 0.481 e. The van der Waals surface area contributed by atoms with Crippen LogP contribution in [0.25, 0.3) is 0 Å². The molecular weight excluding hydrogens is 352 g/mol. The van der Waals surface area contributed by atoms with Gasteiger partial charge in [0.25, 0.3) is 0 Å². The Kier molecular flexibility index (Phi) is 3.46. The highest BCUT2D eigenvalue weighted by Gasteiger charge is 2.43. The molecule has 2 aromatic rings. The summed E-state index contributed by atoms with van der Waals surface area (Å²) in [6, 6.07) is 14.4. The van der Waals surface area contributed by atoms with E-state index < -0.39 is 5.60 Å². The number of halogens is 1. The zero-order valence-electron chi connectivity index (χ0n) is 12.6. The summed E-state index contributed by atoms with van der Waals surface area (Å²) >= 11 is 3.49. The van der Waals surface area contributed by atoms with E-state index in [9.17, 15) is 0 Å². The van der Waals surface area contributed by atoms with Crippen molar-refractivity contribution in [3.05, 3.63) is 63.6 Å². The van der Waals surface area contributed by atoms with Gasteiger partial charge in [0.05, 0.1) is 5.71 Å². The quantitative estimate of drug-likeness (QED) is 0.632. The summed E-state index contributed by atoms with van der Waals surface area (Å²) in [5.74, 6) is 0.810. The van der Waals surface area contributed by atoms with Crippen LogP contribution >= 0.6 is 15.9 Å². The highest BCUT2D eigenvalue weighted by atomic mass is 79.9. The van der Waals surface area contributed by atoms with E-state index in [1.54, 1.807) is 0 Å². The number of nitrogens with zero attached hydrogens (tertiary/aromatic N) is 2. The smallest absolute Gasteiger partial charge is 0.205 e. The van der Waals surface area contributed by atoms with E-state index in [0.29, 0.717) is 6.42 Å². The van der Waals surface area contributed by atoms with Gasteiger partial charge < -0.3 is 4.74 Å². The van der Waals surface area contributed by atoms with E-state index in [4.69, 9.17) is 10.00 Å². The fraction of sp³-hybridized carbons (Fsp3) is 0.263. The second-order valence-electron chi connectivity index (χ2n) is 6.08. The third kappa shape index (κ3) is 2.36. The maximum atomic E-state index is 9.11. The number of aliphatic imine (C=N–C) groups is 1. The van der Waals surface area contributed by atoms with Crippen molar-refractivity contribution < 1.29 is 4.74 Å². The third-order valence-electron chi connectivity index (χ3n) is 4.73. The van der Waals surface area contributed by atoms with E-state index in [1.807, 2.05) is 24.4 Å². The first-order valence-corrected chi connectivity index (χ1v) is 8.54. The van der Waals surface area contributed by atoms with Crippen molar-refractivity contribution in [1.29, 1.82) is 5.26 Å². The van der Waals surface area contributed by atoms with Gasteiger partial charge in [-0.1, -0.05) is 40.2 Å². The second kappa shape index (κ2) is 5.50. The van der Waals surface area contributed by atoms with Crippen molar-refractivity contribution in [3.8, 4) is 11.9 Å². The predicted octanol–water partition coefficient (Wildman–Crippen LogP) is 4.73. The highest BCUT2D eigenvalue weighted by molar-refractivity contribution is 9.10. The molecule has 0 N–H and O–H groups in total. The van der Waals surface area contributed by atoms with Crippen LogP contribution in [0.2, 0.25) is 0 Å². The van der Waals surface area contributed by atoms with Crippen LogP contribution in [-0.4, -0.2) is 5.71 Å². The monoisotopic (exact) mass is 366 g/mol.